The third kappa shape index (κ3) is 3.49. The molecule has 0 radical (unpaired) electrons. The van der Waals surface area contributed by atoms with Crippen molar-refractivity contribution >= 4 is 22.9 Å². The second-order valence-electron chi connectivity index (χ2n) is 5.29. The van der Waals surface area contributed by atoms with Gasteiger partial charge in [-0.25, -0.2) is 4.98 Å². The lowest BCUT2D eigenvalue weighted by Crippen LogP contribution is -2.11. The van der Waals surface area contributed by atoms with Crippen LogP contribution in [0.1, 0.15) is 15.4 Å². The number of para-hydroxylation sites is 2. The number of anilines is 1. The molecule has 0 unspecified atom stereocenters. The molecule has 0 atom stereocenters. The molecule has 0 aliphatic carbocycles. The number of benzene rings is 2. The van der Waals surface area contributed by atoms with Gasteiger partial charge in [-0.3, -0.25) is 4.79 Å². The molecule has 2 aromatic carbocycles. The van der Waals surface area contributed by atoms with Crippen LogP contribution in [-0.4, -0.2) is 25.1 Å². The van der Waals surface area contributed by atoms with Gasteiger partial charge in [0, 0.05) is 5.69 Å². The molecule has 1 amide bonds. The van der Waals surface area contributed by atoms with Crippen molar-refractivity contribution in [3.8, 4) is 22.1 Å². The lowest BCUT2D eigenvalue weighted by atomic mass is 10.2. The molecule has 3 rings (SSSR count). The maximum absolute atomic E-state index is 12.6. The highest BCUT2D eigenvalue weighted by Crippen LogP contribution is 2.40. The first-order valence-corrected chi connectivity index (χ1v) is 8.51. The lowest BCUT2D eigenvalue weighted by molar-refractivity contribution is 0.103. The Balaban J connectivity index is 1.94. The number of amides is 1. The number of methoxy groups -OCH3 is 2. The zero-order valence-corrected chi connectivity index (χ0v) is 15.0. The van der Waals surface area contributed by atoms with E-state index < -0.39 is 0 Å². The van der Waals surface area contributed by atoms with Crippen molar-refractivity contribution in [2.75, 3.05) is 19.5 Å². The summed E-state index contributed by atoms with van der Waals surface area (Å²) in [6, 6.07) is 15.0. The lowest BCUT2D eigenvalue weighted by Gasteiger charge is -2.10. The topological polar surface area (TPSA) is 60.5 Å². The molecule has 1 heterocycles. The zero-order chi connectivity index (χ0) is 17.8. The fraction of sp³-hybridized carbons (Fsp3) is 0.158. The molecule has 3 aromatic rings. The monoisotopic (exact) mass is 354 g/mol. The molecule has 128 valence electrons. The largest absolute Gasteiger partial charge is 0.493 e. The van der Waals surface area contributed by atoms with Crippen LogP contribution in [0.15, 0.2) is 48.5 Å². The van der Waals surface area contributed by atoms with Gasteiger partial charge in [-0.2, -0.15) is 0 Å². The summed E-state index contributed by atoms with van der Waals surface area (Å²) in [5, 5.41) is 3.60. The smallest absolute Gasteiger partial charge is 0.267 e. The molecule has 0 saturated heterocycles. The standard InChI is InChI=1S/C19H18N2O3S/c1-12-17(18(22)21-13-8-5-4-6-9-13)25-19(20-12)14-10-7-11-15(23-2)16(14)24-3/h4-11H,1-3H3,(H,21,22). The first-order valence-electron chi connectivity index (χ1n) is 7.69. The van der Waals surface area contributed by atoms with E-state index in [-0.39, 0.29) is 5.91 Å². The molecule has 0 spiro atoms. The van der Waals surface area contributed by atoms with Crippen LogP contribution in [0.2, 0.25) is 0 Å². The highest BCUT2D eigenvalue weighted by Gasteiger charge is 2.20. The van der Waals surface area contributed by atoms with E-state index in [1.807, 2.05) is 55.5 Å². The van der Waals surface area contributed by atoms with Crippen LogP contribution >= 0.6 is 11.3 Å². The Bertz CT molecular complexity index is 891. The zero-order valence-electron chi connectivity index (χ0n) is 14.2. The van der Waals surface area contributed by atoms with Crippen LogP contribution < -0.4 is 14.8 Å². The number of ether oxygens (including phenoxy) is 2. The van der Waals surface area contributed by atoms with Gasteiger partial charge in [0.1, 0.15) is 9.88 Å². The van der Waals surface area contributed by atoms with Crippen LogP contribution in [-0.2, 0) is 0 Å². The van der Waals surface area contributed by atoms with Gasteiger partial charge in [0.25, 0.3) is 5.91 Å². The number of carbonyl (C=O) groups is 1. The fourth-order valence-electron chi connectivity index (χ4n) is 2.49. The maximum Gasteiger partial charge on any atom is 0.267 e. The summed E-state index contributed by atoms with van der Waals surface area (Å²) in [4.78, 5) is 17.7. The van der Waals surface area contributed by atoms with E-state index in [4.69, 9.17) is 9.47 Å². The van der Waals surface area contributed by atoms with Gasteiger partial charge in [0.05, 0.1) is 25.5 Å². The minimum absolute atomic E-state index is 0.172. The van der Waals surface area contributed by atoms with E-state index in [0.717, 1.165) is 11.3 Å². The number of hydrogen-bond acceptors (Lipinski definition) is 5. The van der Waals surface area contributed by atoms with Crippen LogP contribution in [0, 0.1) is 6.92 Å². The number of hydrogen-bond donors (Lipinski definition) is 1. The molecule has 0 bridgehead atoms. The van der Waals surface area contributed by atoms with Gasteiger partial charge in [0.2, 0.25) is 0 Å². The molecule has 0 aliphatic rings. The summed E-state index contributed by atoms with van der Waals surface area (Å²) in [6.45, 7) is 1.83. The number of aryl methyl sites for hydroxylation is 1. The normalized spacial score (nSPS) is 10.4. The van der Waals surface area contributed by atoms with Crippen LogP contribution in [0.25, 0.3) is 10.6 Å². The molecule has 0 aliphatic heterocycles. The van der Waals surface area contributed by atoms with E-state index in [1.54, 1.807) is 14.2 Å². The molecule has 1 aromatic heterocycles. The van der Waals surface area contributed by atoms with Crippen LogP contribution in [0.3, 0.4) is 0 Å². The summed E-state index contributed by atoms with van der Waals surface area (Å²) in [6.07, 6.45) is 0. The van der Waals surface area contributed by atoms with Crippen molar-refractivity contribution < 1.29 is 14.3 Å². The van der Waals surface area contributed by atoms with Gasteiger partial charge in [0.15, 0.2) is 11.5 Å². The minimum atomic E-state index is -0.172. The summed E-state index contributed by atoms with van der Waals surface area (Å²) in [5.74, 6) is 1.06. The molecule has 0 saturated carbocycles. The van der Waals surface area contributed by atoms with Crippen molar-refractivity contribution in [2.45, 2.75) is 6.92 Å². The van der Waals surface area contributed by atoms with E-state index in [2.05, 4.69) is 10.3 Å². The number of rotatable bonds is 5. The summed E-state index contributed by atoms with van der Waals surface area (Å²) < 4.78 is 10.8. The Morgan fingerprint density at radius 1 is 1.04 bits per heavy atom. The highest BCUT2D eigenvalue weighted by molar-refractivity contribution is 7.17. The third-order valence-electron chi connectivity index (χ3n) is 3.67. The second-order valence-corrected chi connectivity index (χ2v) is 6.29. The predicted octanol–water partition coefficient (Wildman–Crippen LogP) is 4.39. The summed E-state index contributed by atoms with van der Waals surface area (Å²) in [7, 11) is 3.18. The number of carbonyl (C=O) groups excluding carboxylic acids is 1. The number of nitrogens with zero attached hydrogens (tertiary/aromatic N) is 1. The van der Waals surface area contributed by atoms with Crippen molar-refractivity contribution in [1.29, 1.82) is 0 Å². The van der Waals surface area contributed by atoms with Crippen molar-refractivity contribution in [3.63, 3.8) is 0 Å². The Kier molecular flexibility index (Phi) is 5.00. The average molecular weight is 354 g/mol. The Labute approximate surface area is 150 Å². The van der Waals surface area contributed by atoms with E-state index >= 15 is 0 Å². The Morgan fingerprint density at radius 2 is 1.80 bits per heavy atom. The maximum atomic E-state index is 12.6. The third-order valence-corrected chi connectivity index (χ3v) is 4.86. The molecule has 5 nitrogen and oxygen atoms in total. The van der Waals surface area contributed by atoms with Gasteiger partial charge in [-0.15, -0.1) is 11.3 Å². The van der Waals surface area contributed by atoms with Crippen molar-refractivity contribution in [1.82, 2.24) is 4.98 Å². The van der Waals surface area contributed by atoms with Crippen molar-refractivity contribution in [2.24, 2.45) is 0 Å². The fourth-order valence-corrected chi connectivity index (χ4v) is 3.47. The predicted molar refractivity (Wildman–Crippen MR) is 99.8 cm³/mol. The SMILES string of the molecule is COc1cccc(-c2nc(C)c(C(=O)Nc3ccccc3)s2)c1OC. The Morgan fingerprint density at radius 3 is 2.48 bits per heavy atom. The highest BCUT2D eigenvalue weighted by atomic mass is 32.1. The first kappa shape index (κ1) is 17.0. The number of nitrogens with one attached hydrogen (secondary N) is 1. The molecule has 0 fully saturated rings. The van der Waals surface area contributed by atoms with E-state index in [9.17, 15) is 4.79 Å². The summed E-state index contributed by atoms with van der Waals surface area (Å²) >= 11 is 1.33. The van der Waals surface area contributed by atoms with Gasteiger partial charge >= 0.3 is 0 Å². The first-order chi connectivity index (χ1) is 12.1. The van der Waals surface area contributed by atoms with Crippen LogP contribution in [0.4, 0.5) is 5.69 Å². The molecular formula is C19H18N2O3S. The van der Waals surface area contributed by atoms with Gasteiger partial charge < -0.3 is 14.8 Å². The molecular weight excluding hydrogens is 336 g/mol. The molecule has 6 heteroatoms. The average Bonchev–Trinajstić information content (AvgIpc) is 3.03. The second kappa shape index (κ2) is 7.36. The minimum Gasteiger partial charge on any atom is -0.493 e. The van der Waals surface area contributed by atoms with E-state index in [0.29, 0.717) is 27.1 Å². The Hall–Kier alpha value is -2.86. The number of aromatic nitrogens is 1. The summed E-state index contributed by atoms with van der Waals surface area (Å²) in [5.41, 5.74) is 2.23. The number of thiazole rings is 1. The van der Waals surface area contributed by atoms with Gasteiger partial charge in [-0.05, 0) is 31.2 Å². The van der Waals surface area contributed by atoms with Gasteiger partial charge in [-0.1, -0.05) is 24.3 Å². The van der Waals surface area contributed by atoms with E-state index in [1.165, 1.54) is 11.3 Å². The molecule has 1 N–H and O–H groups in total. The van der Waals surface area contributed by atoms with Crippen LogP contribution in [0.5, 0.6) is 11.5 Å². The quantitative estimate of drug-likeness (QED) is 0.738. The van der Waals surface area contributed by atoms with Crippen molar-refractivity contribution in [3.05, 3.63) is 59.1 Å². The molecule has 25 heavy (non-hydrogen) atoms.